The summed E-state index contributed by atoms with van der Waals surface area (Å²) in [5, 5.41) is 3.22. The molecule has 1 atom stereocenters. The monoisotopic (exact) mass is 224 g/mol. The Bertz CT molecular complexity index is 310. The van der Waals surface area contributed by atoms with Gasteiger partial charge in [-0.3, -0.25) is 0 Å². The Labute approximate surface area is 94.1 Å². The Balaban J connectivity index is 1.71. The van der Waals surface area contributed by atoms with Crippen LogP contribution < -0.4 is 4.90 Å². The molecule has 2 aliphatic rings. The fourth-order valence-electron chi connectivity index (χ4n) is 2.20. The van der Waals surface area contributed by atoms with E-state index in [1.807, 2.05) is 6.20 Å². The Morgan fingerprint density at radius 3 is 3.20 bits per heavy atom. The normalized spacial score (nSPS) is 26.9. The van der Waals surface area contributed by atoms with Gasteiger partial charge < -0.3 is 9.64 Å². The predicted octanol–water partition coefficient (Wildman–Crippen LogP) is 2.15. The molecule has 1 unspecified atom stereocenters. The van der Waals surface area contributed by atoms with Gasteiger partial charge in [0.2, 0.25) is 0 Å². The smallest absolute Gasteiger partial charge is 0.185 e. The van der Waals surface area contributed by atoms with E-state index in [9.17, 15) is 0 Å². The lowest BCUT2D eigenvalue weighted by atomic mass is 10.1. The first kappa shape index (κ1) is 9.60. The van der Waals surface area contributed by atoms with E-state index in [0.717, 1.165) is 25.7 Å². The van der Waals surface area contributed by atoms with Crippen LogP contribution in [0.4, 0.5) is 5.13 Å². The second-order valence-electron chi connectivity index (χ2n) is 4.42. The van der Waals surface area contributed by atoms with E-state index < -0.39 is 0 Å². The molecule has 1 aromatic rings. The summed E-state index contributed by atoms with van der Waals surface area (Å²) in [4.78, 5) is 6.84. The highest BCUT2D eigenvalue weighted by molar-refractivity contribution is 7.13. The first-order valence-corrected chi connectivity index (χ1v) is 6.55. The van der Waals surface area contributed by atoms with Crippen molar-refractivity contribution in [2.75, 3.05) is 24.7 Å². The molecule has 1 saturated heterocycles. The molecule has 1 aliphatic heterocycles. The average molecular weight is 224 g/mol. The summed E-state index contributed by atoms with van der Waals surface area (Å²) in [6.45, 7) is 2.74. The van der Waals surface area contributed by atoms with Gasteiger partial charge in [0.05, 0.1) is 19.3 Å². The Morgan fingerprint density at radius 2 is 2.47 bits per heavy atom. The van der Waals surface area contributed by atoms with Crippen molar-refractivity contribution in [3.8, 4) is 0 Å². The van der Waals surface area contributed by atoms with Gasteiger partial charge in [0.15, 0.2) is 5.13 Å². The van der Waals surface area contributed by atoms with Crippen LogP contribution in [0.3, 0.4) is 0 Å². The SMILES string of the molecule is c1csc(N2CCOCC2CC2CC2)n1. The van der Waals surface area contributed by atoms with E-state index in [2.05, 4.69) is 15.3 Å². The first-order chi connectivity index (χ1) is 7.43. The van der Waals surface area contributed by atoms with Crippen molar-refractivity contribution >= 4 is 16.5 Å². The Kier molecular flexibility index (Phi) is 2.63. The average Bonchev–Trinajstić information content (AvgIpc) is 2.93. The van der Waals surface area contributed by atoms with Gasteiger partial charge in [0.25, 0.3) is 0 Å². The molecule has 0 amide bonds. The van der Waals surface area contributed by atoms with Crippen LogP contribution >= 0.6 is 11.3 Å². The summed E-state index contributed by atoms with van der Waals surface area (Å²) in [5.41, 5.74) is 0. The zero-order chi connectivity index (χ0) is 10.1. The molecule has 3 nitrogen and oxygen atoms in total. The van der Waals surface area contributed by atoms with Crippen molar-refractivity contribution in [2.45, 2.75) is 25.3 Å². The summed E-state index contributed by atoms with van der Waals surface area (Å²) >= 11 is 1.74. The van der Waals surface area contributed by atoms with Crippen molar-refractivity contribution < 1.29 is 4.74 Å². The largest absolute Gasteiger partial charge is 0.377 e. The van der Waals surface area contributed by atoms with Crippen molar-refractivity contribution in [1.29, 1.82) is 0 Å². The highest BCUT2D eigenvalue weighted by Gasteiger charge is 2.31. The van der Waals surface area contributed by atoms with Gasteiger partial charge in [-0.05, 0) is 12.3 Å². The second kappa shape index (κ2) is 4.10. The summed E-state index contributed by atoms with van der Waals surface area (Å²) in [6, 6.07) is 0.567. The third kappa shape index (κ3) is 2.16. The van der Waals surface area contributed by atoms with Crippen LogP contribution in [0.1, 0.15) is 19.3 Å². The summed E-state index contributed by atoms with van der Waals surface area (Å²) in [5.74, 6) is 0.958. The van der Waals surface area contributed by atoms with Crippen LogP contribution in [0.5, 0.6) is 0 Å². The standard InChI is InChI=1S/C11H16N2OS/c1-2-9(1)7-10-8-14-5-4-13(10)11-12-3-6-15-11/h3,6,9-10H,1-2,4-5,7-8H2. The number of nitrogens with zero attached hydrogens (tertiary/aromatic N) is 2. The van der Waals surface area contributed by atoms with E-state index in [1.165, 1.54) is 24.4 Å². The van der Waals surface area contributed by atoms with Crippen LogP contribution in [0.15, 0.2) is 11.6 Å². The van der Waals surface area contributed by atoms with Crippen molar-refractivity contribution in [3.05, 3.63) is 11.6 Å². The van der Waals surface area contributed by atoms with Crippen molar-refractivity contribution in [1.82, 2.24) is 4.98 Å². The minimum absolute atomic E-state index is 0.567. The third-order valence-electron chi connectivity index (χ3n) is 3.19. The molecule has 0 aromatic carbocycles. The maximum Gasteiger partial charge on any atom is 0.185 e. The first-order valence-electron chi connectivity index (χ1n) is 5.67. The molecule has 2 fully saturated rings. The van der Waals surface area contributed by atoms with Crippen LogP contribution in [-0.4, -0.2) is 30.8 Å². The quantitative estimate of drug-likeness (QED) is 0.786. The minimum atomic E-state index is 0.567. The van der Waals surface area contributed by atoms with E-state index in [-0.39, 0.29) is 0 Å². The molecule has 1 aromatic heterocycles. The number of morpholine rings is 1. The van der Waals surface area contributed by atoms with E-state index >= 15 is 0 Å². The number of anilines is 1. The fraction of sp³-hybridized carbons (Fsp3) is 0.727. The topological polar surface area (TPSA) is 25.4 Å². The summed E-state index contributed by atoms with van der Waals surface area (Å²) in [7, 11) is 0. The number of hydrogen-bond acceptors (Lipinski definition) is 4. The number of thiazole rings is 1. The fourth-order valence-corrected chi connectivity index (χ4v) is 2.94. The summed E-state index contributed by atoms with van der Waals surface area (Å²) < 4.78 is 5.57. The lowest BCUT2D eigenvalue weighted by molar-refractivity contribution is 0.0899. The highest BCUT2D eigenvalue weighted by atomic mass is 32.1. The summed E-state index contributed by atoms with van der Waals surface area (Å²) in [6.07, 6.45) is 6.02. The van der Waals surface area contributed by atoms with Gasteiger partial charge in [-0.25, -0.2) is 4.98 Å². The number of ether oxygens (including phenoxy) is 1. The maximum absolute atomic E-state index is 5.57. The Morgan fingerprint density at radius 1 is 1.53 bits per heavy atom. The van der Waals surface area contributed by atoms with Crippen LogP contribution in [0, 0.1) is 5.92 Å². The molecule has 1 aliphatic carbocycles. The van der Waals surface area contributed by atoms with Gasteiger partial charge in [-0.15, -0.1) is 11.3 Å². The minimum Gasteiger partial charge on any atom is -0.377 e. The van der Waals surface area contributed by atoms with Crippen LogP contribution in [0.2, 0.25) is 0 Å². The van der Waals surface area contributed by atoms with Gasteiger partial charge >= 0.3 is 0 Å². The van der Waals surface area contributed by atoms with Gasteiger partial charge in [0, 0.05) is 18.1 Å². The van der Waals surface area contributed by atoms with Gasteiger partial charge in [-0.1, -0.05) is 12.8 Å². The second-order valence-corrected chi connectivity index (χ2v) is 5.29. The molecule has 0 spiro atoms. The molecule has 3 rings (SSSR count). The molecule has 2 heterocycles. The van der Waals surface area contributed by atoms with Gasteiger partial charge in [0.1, 0.15) is 0 Å². The van der Waals surface area contributed by atoms with E-state index in [1.54, 1.807) is 11.3 Å². The number of aromatic nitrogens is 1. The zero-order valence-electron chi connectivity index (χ0n) is 8.76. The molecule has 82 valence electrons. The Hall–Kier alpha value is -0.610. The number of hydrogen-bond donors (Lipinski definition) is 0. The number of rotatable bonds is 3. The molecule has 0 N–H and O–H groups in total. The molecule has 1 saturated carbocycles. The molecular weight excluding hydrogens is 208 g/mol. The van der Waals surface area contributed by atoms with Crippen LogP contribution in [-0.2, 0) is 4.74 Å². The van der Waals surface area contributed by atoms with E-state index in [0.29, 0.717) is 6.04 Å². The molecular formula is C11H16N2OS. The molecule has 4 heteroatoms. The van der Waals surface area contributed by atoms with Crippen molar-refractivity contribution in [3.63, 3.8) is 0 Å². The third-order valence-corrected chi connectivity index (χ3v) is 4.00. The van der Waals surface area contributed by atoms with Gasteiger partial charge in [-0.2, -0.15) is 0 Å². The van der Waals surface area contributed by atoms with Crippen LogP contribution in [0.25, 0.3) is 0 Å². The predicted molar refractivity (Wildman–Crippen MR) is 61.4 cm³/mol. The molecule has 15 heavy (non-hydrogen) atoms. The lowest BCUT2D eigenvalue weighted by Crippen LogP contribution is -2.45. The lowest BCUT2D eigenvalue weighted by Gasteiger charge is -2.35. The zero-order valence-corrected chi connectivity index (χ0v) is 9.58. The van der Waals surface area contributed by atoms with Crippen molar-refractivity contribution in [2.24, 2.45) is 5.92 Å². The van der Waals surface area contributed by atoms with E-state index in [4.69, 9.17) is 4.74 Å². The molecule has 0 radical (unpaired) electrons. The molecule has 0 bridgehead atoms. The maximum atomic E-state index is 5.57. The highest BCUT2D eigenvalue weighted by Crippen LogP contribution is 2.36.